The Morgan fingerprint density at radius 1 is 1.38 bits per heavy atom. The molecule has 1 saturated heterocycles. The summed E-state index contributed by atoms with van der Waals surface area (Å²) in [5.74, 6) is 0.776. The van der Waals surface area contributed by atoms with Crippen LogP contribution in [0.1, 0.15) is 46.0 Å². The van der Waals surface area contributed by atoms with Gasteiger partial charge in [-0.15, -0.1) is 0 Å². The summed E-state index contributed by atoms with van der Waals surface area (Å²) in [6.45, 7) is 5.88. The molecule has 1 aliphatic heterocycles. The first-order valence-electron chi connectivity index (χ1n) is 5.62. The van der Waals surface area contributed by atoms with Crippen LogP contribution in [0.5, 0.6) is 0 Å². The Balaban J connectivity index is 2.46. The molecule has 2 heteroatoms. The highest BCUT2D eigenvalue weighted by Gasteiger charge is 2.34. The van der Waals surface area contributed by atoms with Crippen molar-refractivity contribution in [3.05, 3.63) is 0 Å². The molecule has 1 aliphatic rings. The Hall–Kier alpha value is -0.0800. The van der Waals surface area contributed by atoms with E-state index in [4.69, 9.17) is 0 Å². The second-order valence-electron chi connectivity index (χ2n) is 4.36. The lowest BCUT2D eigenvalue weighted by atomic mass is 9.84. The highest BCUT2D eigenvalue weighted by molar-refractivity contribution is 4.93. The predicted molar refractivity (Wildman–Crippen MR) is 55.7 cm³/mol. The molecule has 78 valence electrons. The third-order valence-corrected chi connectivity index (χ3v) is 3.47. The number of hydrogen-bond donors (Lipinski definition) is 2. The Morgan fingerprint density at radius 3 is 2.46 bits per heavy atom. The van der Waals surface area contributed by atoms with E-state index in [2.05, 4.69) is 19.2 Å². The molecule has 2 N–H and O–H groups in total. The summed E-state index contributed by atoms with van der Waals surface area (Å²) in [5.41, 5.74) is 0.0662. The fourth-order valence-corrected chi connectivity index (χ4v) is 2.37. The maximum absolute atomic E-state index is 9.39. The summed E-state index contributed by atoms with van der Waals surface area (Å²) in [4.78, 5) is 0. The van der Waals surface area contributed by atoms with Crippen LogP contribution in [0.2, 0.25) is 0 Å². The van der Waals surface area contributed by atoms with Crippen LogP contribution in [-0.2, 0) is 0 Å². The van der Waals surface area contributed by atoms with E-state index >= 15 is 0 Å². The van der Waals surface area contributed by atoms with Gasteiger partial charge in [-0.2, -0.15) is 0 Å². The molecule has 1 heterocycles. The van der Waals surface area contributed by atoms with E-state index in [-0.39, 0.29) is 5.54 Å². The van der Waals surface area contributed by atoms with E-state index < -0.39 is 0 Å². The zero-order valence-corrected chi connectivity index (χ0v) is 8.97. The Bertz CT molecular complexity index is 137. The molecule has 13 heavy (non-hydrogen) atoms. The first-order valence-corrected chi connectivity index (χ1v) is 5.62. The van der Waals surface area contributed by atoms with Crippen molar-refractivity contribution in [1.29, 1.82) is 0 Å². The number of aliphatic hydroxyl groups excluding tert-OH is 1. The summed E-state index contributed by atoms with van der Waals surface area (Å²) >= 11 is 0. The number of aliphatic hydroxyl groups is 1. The Kier molecular flexibility index (Phi) is 4.20. The van der Waals surface area contributed by atoms with Crippen molar-refractivity contribution >= 4 is 0 Å². The van der Waals surface area contributed by atoms with Gasteiger partial charge in [0, 0.05) is 5.54 Å². The number of hydrogen-bond acceptors (Lipinski definition) is 2. The van der Waals surface area contributed by atoms with Crippen molar-refractivity contribution in [1.82, 2.24) is 5.32 Å². The number of rotatable bonds is 5. The van der Waals surface area contributed by atoms with E-state index in [1.165, 1.54) is 19.3 Å². The van der Waals surface area contributed by atoms with Crippen molar-refractivity contribution in [2.45, 2.75) is 51.5 Å². The lowest BCUT2D eigenvalue weighted by molar-refractivity contribution is 0.147. The molecule has 0 radical (unpaired) electrons. The minimum absolute atomic E-state index is 0.0662. The van der Waals surface area contributed by atoms with Crippen LogP contribution < -0.4 is 5.32 Å². The summed E-state index contributed by atoms with van der Waals surface area (Å²) < 4.78 is 0. The summed E-state index contributed by atoms with van der Waals surface area (Å²) in [6, 6.07) is 0. The SMILES string of the molecule is CCC(CC)CC1(CO)CCCN1. The number of nitrogens with one attached hydrogen (secondary N) is 1. The molecule has 1 unspecified atom stereocenters. The van der Waals surface area contributed by atoms with Gasteiger partial charge in [0.1, 0.15) is 0 Å². The second kappa shape index (κ2) is 4.97. The third-order valence-electron chi connectivity index (χ3n) is 3.47. The fraction of sp³-hybridized carbons (Fsp3) is 1.00. The molecule has 0 aromatic carbocycles. The average Bonchev–Trinajstić information content (AvgIpc) is 2.63. The first-order chi connectivity index (χ1) is 6.26. The smallest absolute Gasteiger partial charge is 0.0613 e. The monoisotopic (exact) mass is 185 g/mol. The quantitative estimate of drug-likeness (QED) is 0.686. The van der Waals surface area contributed by atoms with Gasteiger partial charge in [-0.05, 0) is 31.7 Å². The molecule has 1 rings (SSSR count). The van der Waals surface area contributed by atoms with Crippen molar-refractivity contribution < 1.29 is 5.11 Å². The van der Waals surface area contributed by atoms with Crippen molar-refractivity contribution in [3.8, 4) is 0 Å². The van der Waals surface area contributed by atoms with Crippen molar-refractivity contribution in [2.24, 2.45) is 5.92 Å². The van der Waals surface area contributed by atoms with E-state index in [0.717, 1.165) is 25.3 Å². The van der Waals surface area contributed by atoms with Gasteiger partial charge in [0.2, 0.25) is 0 Å². The lowest BCUT2D eigenvalue weighted by Crippen LogP contribution is -2.44. The van der Waals surface area contributed by atoms with Crippen LogP contribution in [0.15, 0.2) is 0 Å². The zero-order valence-electron chi connectivity index (χ0n) is 8.97. The second-order valence-corrected chi connectivity index (χ2v) is 4.36. The topological polar surface area (TPSA) is 32.3 Å². The molecule has 0 spiro atoms. The van der Waals surface area contributed by atoms with Crippen molar-refractivity contribution in [3.63, 3.8) is 0 Å². The molecule has 0 aromatic rings. The fourth-order valence-electron chi connectivity index (χ4n) is 2.37. The van der Waals surface area contributed by atoms with Gasteiger partial charge in [-0.3, -0.25) is 0 Å². The van der Waals surface area contributed by atoms with Gasteiger partial charge in [0.15, 0.2) is 0 Å². The van der Waals surface area contributed by atoms with Crippen LogP contribution >= 0.6 is 0 Å². The third kappa shape index (κ3) is 2.68. The molecular formula is C11H23NO. The normalized spacial score (nSPS) is 28.6. The largest absolute Gasteiger partial charge is 0.394 e. The molecule has 0 amide bonds. The van der Waals surface area contributed by atoms with Crippen LogP contribution in [0.3, 0.4) is 0 Å². The highest BCUT2D eigenvalue weighted by atomic mass is 16.3. The molecule has 1 atom stereocenters. The van der Waals surface area contributed by atoms with Gasteiger partial charge in [0.05, 0.1) is 6.61 Å². The van der Waals surface area contributed by atoms with Gasteiger partial charge in [0.25, 0.3) is 0 Å². The molecule has 0 aliphatic carbocycles. The van der Waals surface area contributed by atoms with E-state index in [0.29, 0.717) is 6.61 Å². The van der Waals surface area contributed by atoms with Crippen LogP contribution in [0.4, 0.5) is 0 Å². The lowest BCUT2D eigenvalue weighted by Gasteiger charge is -2.31. The predicted octanol–water partition coefficient (Wildman–Crippen LogP) is 1.93. The Labute approximate surface area is 81.7 Å². The molecule has 1 fully saturated rings. The van der Waals surface area contributed by atoms with Crippen LogP contribution in [-0.4, -0.2) is 23.8 Å². The average molecular weight is 185 g/mol. The van der Waals surface area contributed by atoms with E-state index in [1.807, 2.05) is 0 Å². The zero-order chi connectivity index (χ0) is 9.73. The van der Waals surface area contributed by atoms with Gasteiger partial charge < -0.3 is 10.4 Å². The molecule has 0 saturated carbocycles. The molecule has 0 aromatic heterocycles. The molecule has 2 nitrogen and oxygen atoms in total. The highest BCUT2D eigenvalue weighted by Crippen LogP contribution is 2.29. The minimum atomic E-state index is 0.0662. The molecular weight excluding hydrogens is 162 g/mol. The van der Waals surface area contributed by atoms with Crippen LogP contribution in [0.25, 0.3) is 0 Å². The molecule has 0 bridgehead atoms. The van der Waals surface area contributed by atoms with Crippen LogP contribution in [0, 0.1) is 5.92 Å². The van der Waals surface area contributed by atoms with E-state index in [9.17, 15) is 5.11 Å². The van der Waals surface area contributed by atoms with Gasteiger partial charge in [-0.25, -0.2) is 0 Å². The summed E-state index contributed by atoms with van der Waals surface area (Å²) in [7, 11) is 0. The minimum Gasteiger partial charge on any atom is -0.394 e. The standard InChI is InChI=1S/C11H23NO/c1-3-10(4-2)8-11(9-13)6-5-7-12-11/h10,12-13H,3-9H2,1-2H3. The maximum Gasteiger partial charge on any atom is 0.0613 e. The summed E-state index contributed by atoms with van der Waals surface area (Å²) in [6.07, 6.45) is 6.00. The van der Waals surface area contributed by atoms with Gasteiger partial charge in [-0.1, -0.05) is 26.7 Å². The van der Waals surface area contributed by atoms with Crippen molar-refractivity contribution in [2.75, 3.05) is 13.2 Å². The maximum atomic E-state index is 9.39. The Morgan fingerprint density at radius 2 is 2.08 bits per heavy atom. The van der Waals surface area contributed by atoms with E-state index in [1.54, 1.807) is 0 Å². The first kappa shape index (κ1) is 11.0. The summed E-state index contributed by atoms with van der Waals surface area (Å²) in [5, 5.41) is 12.9. The van der Waals surface area contributed by atoms with Gasteiger partial charge >= 0.3 is 0 Å².